The number of para-hydroxylation sites is 1. The molecule has 0 bridgehead atoms. The van der Waals surface area contributed by atoms with Crippen LogP contribution in [0.2, 0.25) is 0 Å². The Balaban J connectivity index is 0.00000225. The van der Waals surface area contributed by atoms with Crippen molar-refractivity contribution >= 4 is 29.9 Å². The highest BCUT2D eigenvalue weighted by Crippen LogP contribution is 2.38. The van der Waals surface area contributed by atoms with Gasteiger partial charge >= 0.3 is 0 Å². The number of hydrogen-bond donors (Lipinski definition) is 1. The molecule has 1 N–H and O–H groups in total. The molecule has 0 aliphatic carbocycles. The van der Waals surface area contributed by atoms with Gasteiger partial charge in [0.1, 0.15) is 0 Å². The van der Waals surface area contributed by atoms with Gasteiger partial charge in [-0.1, -0.05) is 12.1 Å². The van der Waals surface area contributed by atoms with Crippen LogP contribution in [0.15, 0.2) is 23.2 Å². The zero-order valence-corrected chi connectivity index (χ0v) is 17.5. The van der Waals surface area contributed by atoms with Crippen LogP contribution in [0.4, 0.5) is 0 Å². The molecule has 1 unspecified atom stereocenters. The van der Waals surface area contributed by atoms with E-state index < -0.39 is 0 Å². The number of guanidine groups is 1. The van der Waals surface area contributed by atoms with Gasteiger partial charge in [0.25, 0.3) is 0 Å². The minimum Gasteiger partial charge on any atom is -0.493 e. The van der Waals surface area contributed by atoms with E-state index in [0.29, 0.717) is 12.0 Å². The van der Waals surface area contributed by atoms with E-state index in [1.54, 1.807) is 14.2 Å². The minimum absolute atomic E-state index is 0. The van der Waals surface area contributed by atoms with Crippen molar-refractivity contribution in [1.29, 1.82) is 0 Å². The Hall–Kier alpha value is -1.22. The van der Waals surface area contributed by atoms with Gasteiger partial charge in [-0.15, -0.1) is 24.0 Å². The first-order chi connectivity index (χ1) is 11.7. The van der Waals surface area contributed by atoms with Crippen LogP contribution in [-0.2, 0) is 11.3 Å². The lowest BCUT2D eigenvalue weighted by atomic mass is 9.87. The summed E-state index contributed by atoms with van der Waals surface area (Å²) in [4.78, 5) is 6.79. The predicted octanol–water partition coefficient (Wildman–Crippen LogP) is 2.51. The van der Waals surface area contributed by atoms with E-state index in [2.05, 4.69) is 15.2 Å². The second kappa shape index (κ2) is 8.93. The van der Waals surface area contributed by atoms with E-state index in [-0.39, 0.29) is 24.0 Å². The molecule has 1 spiro atoms. The maximum absolute atomic E-state index is 5.61. The van der Waals surface area contributed by atoms with Crippen molar-refractivity contribution in [3.8, 4) is 11.5 Å². The number of methoxy groups -OCH3 is 2. The molecule has 1 atom stereocenters. The van der Waals surface area contributed by atoms with E-state index in [0.717, 1.165) is 55.7 Å². The van der Waals surface area contributed by atoms with Crippen molar-refractivity contribution in [2.24, 2.45) is 10.4 Å². The molecular formula is C18H28IN3O3. The second-order valence-electron chi connectivity index (χ2n) is 6.53. The molecule has 1 aromatic carbocycles. The Kier molecular flexibility index (Phi) is 7.18. The molecule has 1 aromatic rings. The number of ether oxygens (including phenoxy) is 3. The highest BCUT2D eigenvalue weighted by Gasteiger charge is 2.42. The van der Waals surface area contributed by atoms with Gasteiger partial charge in [-0.3, -0.25) is 4.99 Å². The number of halogens is 1. The zero-order chi connectivity index (χ0) is 17.0. The Morgan fingerprint density at radius 1 is 1.32 bits per heavy atom. The van der Waals surface area contributed by atoms with Gasteiger partial charge in [0.05, 0.1) is 20.8 Å². The molecule has 25 heavy (non-hydrogen) atoms. The van der Waals surface area contributed by atoms with Gasteiger partial charge in [0.2, 0.25) is 0 Å². The molecule has 0 aromatic heterocycles. The maximum atomic E-state index is 5.61. The quantitative estimate of drug-likeness (QED) is 0.425. The summed E-state index contributed by atoms with van der Waals surface area (Å²) in [5.74, 6) is 2.45. The van der Waals surface area contributed by atoms with Crippen LogP contribution in [0, 0.1) is 5.41 Å². The summed E-state index contributed by atoms with van der Waals surface area (Å²) in [5, 5.41) is 3.46. The molecule has 2 saturated heterocycles. The van der Waals surface area contributed by atoms with Crippen molar-refractivity contribution in [3.05, 3.63) is 23.8 Å². The number of hydrogen-bond acceptors (Lipinski definition) is 4. The third kappa shape index (κ3) is 4.31. The summed E-state index contributed by atoms with van der Waals surface area (Å²) < 4.78 is 16.5. The number of aliphatic imine (C=N–C) groups is 1. The van der Waals surface area contributed by atoms with Crippen LogP contribution in [0.5, 0.6) is 11.5 Å². The molecule has 0 saturated carbocycles. The molecule has 0 amide bonds. The average molecular weight is 461 g/mol. The largest absolute Gasteiger partial charge is 0.493 e. The smallest absolute Gasteiger partial charge is 0.193 e. The van der Waals surface area contributed by atoms with Gasteiger partial charge in [0, 0.05) is 44.3 Å². The van der Waals surface area contributed by atoms with E-state index in [1.807, 2.05) is 25.2 Å². The number of nitrogens with zero attached hydrogens (tertiary/aromatic N) is 2. The van der Waals surface area contributed by atoms with Crippen LogP contribution >= 0.6 is 24.0 Å². The summed E-state index contributed by atoms with van der Waals surface area (Å²) in [5.41, 5.74) is 1.38. The average Bonchev–Trinajstić information content (AvgIpc) is 3.25. The van der Waals surface area contributed by atoms with Gasteiger partial charge < -0.3 is 24.4 Å². The van der Waals surface area contributed by atoms with Crippen molar-refractivity contribution < 1.29 is 14.2 Å². The molecule has 2 aliphatic heterocycles. The first-order valence-electron chi connectivity index (χ1n) is 8.44. The molecule has 2 aliphatic rings. The normalized spacial score (nSPS) is 22.8. The van der Waals surface area contributed by atoms with Gasteiger partial charge in [-0.05, 0) is 18.9 Å². The highest BCUT2D eigenvalue weighted by molar-refractivity contribution is 14.0. The lowest BCUT2D eigenvalue weighted by Crippen LogP contribution is -2.41. The predicted molar refractivity (Wildman–Crippen MR) is 109 cm³/mol. The van der Waals surface area contributed by atoms with Gasteiger partial charge in [-0.2, -0.15) is 0 Å². The van der Waals surface area contributed by atoms with Crippen LogP contribution in [0.1, 0.15) is 18.4 Å². The van der Waals surface area contributed by atoms with Crippen LogP contribution in [-0.4, -0.2) is 58.4 Å². The zero-order valence-electron chi connectivity index (χ0n) is 15.2. The van der Waals surface area contributed by atoms with Gasteiger partial charge in [-0.25, -0.2) is 0 Å². The maximum Gasteiger partial charge on any atom is 0.193 e. The lowest BCUT2D eigenvalue weighted by Gasteiger charge is -2.25. The van der Waals surface area contributed by atoms with Crippen LogP contribution < -0.4 is 14.8 Å². The Morgan fingerprint density at radius 2 is 2.16 bits per heavy atom. The standard InChI is InChI=1S/C18H27N3O3.HI/c1-19-17(21-9-7-18(12-21)8-10-24-13-18)20-11-14-5-4-6-15(22-2)16(14)23-3;/h4-6H,7-13H2,1-3H3,(H,19,20);1H. The summed E-state index contributed by atoms with van der Waals surface area (Å²) in [6.45, 7) is 4.46. The lowest BCUT2D eigenvalue weighted by molar-refractivity contribution is 0.156. The molecule has 2 heterocycles. The number of likely N-dealkylation sites (tertiary alicyclic amines) is 1. The Bertz CT molecular complexity index is 603. The first kappa shape index (κ1) is 20.1. The van der Waals surface area contributed by atoms with Gasteiger partial charge in [0.15, 0.2) is 17.5 Å². The summed E-state index contributed by atoms with van der Waals surface area (Å²) >= 11 is 0. The van der Waals surface area contributed by atoms with Crippen molar-refractivity contribution in [3.63, 3.8) is 0 Å². The van der Waals surface area contributed by atoms with E-state index in [4.69, 9.17) is 14.2 Å². The molecule has 2 fully saturated rings. The molecule has 7 heteroatoms. The van der Waals surface area contributed by atoms with E-state index >= 15 is 0 Å². The van der Waals surface area contributed by atoms with Crippen LogP contribution in [0.3, 0.4) is 0 Å². The SMILES string of the molecule is CN=C(NCc1cccc(OC)c1OC)N1CCC2(CCOC2)C1.I. The summed E-state index contributed by atoms with van der Waals surface area (Å²) in [6, 6.07) is 5.92. The minimum atomic E-state index is 0. The highest BCUT2D eigenvalue weighted by atomic mass is 127. The summed E-state index contributed by atoms with van der Waals surface area (Å²) in [7, 11) is 5.16. The van der Waals surface area contributed by atoms with Crippen molar-refractivity contribution in [1.82, 2.24) is 10.2 Å². The second-order valence-corrected chi connectivity index (χ2v) is 6.53. The number of benzene rings is 1. The fourth-order valence-electron chi connectivity index (χ4n) is 3.69. The van der Waals surface area contributed by atoms with Crippen molar-refractivity contribution in [2.75, 3.05) is 47.6 Å². The third-order valence-corrected chi connectivity index (χ3v) is 5.06. The van der Waals surface area contributed by atoms with Crippen LogP contribution in [0.25, 0.3) is 0 Å². The molecule has 6 nitrogen and oxygen atoms in total. The number of rotatable bonds is 4. The van der Waals surface area contributed by atoms with Crippen molar-refractivity contribution in [2.45, 2.75) is 19.4 Å². The van der Waals surface area contributed by atoms with E-state index in [1.165, 1.54) is 6.42 Å². The molecule has 0 radical (unpaired) electrons. The monoisotopic (exact) mass is 461 g/mol. The van der Waals surface area contributed by atoms with E-state index in [9.17, 15) is 0 Å². The Morgan fingerprint density at radius 3 is 2.80 bits per heavy atom. The topological polar surface area (TPSA) is 55.3 Å². The molecule has 140 valence electrons. The molecule has 3 rings (SSSR count). The fourth-order valence-corrected chi connectivity index (χ4v) is 3.69. The summed E-state index contributed by atoms with van der Waals surface area (Å²) in [6.07, 6.45) is 2.33. The fraction of sp³-hybridized carbons (Fsp3) is 0.611. The number of nitrogens with one attached hydrogen (secondary N) is 1. The first-order valence-corrected chi connectivity index (χ1v) is 8.44. The Labute approximate surface area is 166 Å². The molecular weight excluding hydrogens is 433 g/mol. The third-order valence-electron chi connectivity index (χ3n) is 5.06.